The van der Waals surface area contributed by atoms with E-state index in [2.05, 4.69) is 225 Å². The Labute approximate surface area is 362 Å². The number of rotatable bonds is 10. The van der Waals surface area contributed by atoms with Crippen LogP contribution >= 0.6 is 0 Å². The van der Waals surface area contributed by atoms with Gasteiger partial charge in [0, 0.05) is 30.7 Å². The minimum absolute atomic E-state index is 0.150. The zero-order valence-corrected chi connectivity index (χ0v) is 36.1. The van der Waals surface area contributed by atoms with E-state index >= 15 is 0 Å². The quantitative estimate of drug-likeness (QED) is 0.122. The zero-order valence-electron chi connectivity index (χ0n) is 36.1. The highest BCUT2D eigenvalue weighted by Gasteiger charge is 2.65. The van der Waals surface area contributed by atoms with Crippen LogP contribution in [0.15, 0.2) is 188 Å². The Morgan fingerprint density at radius 3 is 1.85 bits per heavy atom. The smallest absolute Gasteiger partial charge is 0.197 e. The number of fused-ring (bicyclic) bond motifs is 6. The molecule has 10 rings (SSSR count). The van der Waals surface area contributed by atoms with Crippen molar-refractivity contribution in [3.63, 3.8) is 0 Å². The van der Waals surface area contributed by atoms with E-state index in [9.17, 15) is 0 Å². The lowest BCUT2D eigenvalue weighted by Gasteiger charge is -2.51. The first-order valence-electron chi connectivity index (χ1n) is 22.6. The van der Waals surface area contributed by atoms with Gasteiger partial charge in [0.2, 0.25) is 11.4 Å². The van der Waals surface area contributed by atoms with Crippen molar-refractivity contribution in [3.8, 4) is 67.0 Å². The first kappa shape index (κ1) is 38.8. The highest BCUT2D eigenvalue weighted by Crippen LogP contribution is 2.57. The molecule has 61 heavy (non-hydrogen) atoms. The van der Waals surface area contributed by atoms with Crippen LogP contribution in [0.25, 0.3) is 67.0 Å². The van der Waals surface area contributed by atoms with Gasteiger partial charge in [-0.3, -0.25) is 0 Å². The molecular weight excluding hydrogens is 737 g/mol. The van der Waals surface area contributed by atoms with Crippen LogP contribution in [-0.4, -0.2) is 0 Å². The number of aromatic nitrogens is 2. The van der Waals surface area contributed by atoms with Crippen LogP contribution in [0.5, 0.6) is 0 Å². The minimum Gasteiger partial charge on any atom is -0.197 e. The highest BCUT2D eigenvalue weighted by molar-refractivity contribution is 5.84. The van der Waals surface area contributed by atoms with Crippen molar-refractivity contribution in [2.24, 2.45) is 0 Å². The van der Waals surface area contributed by atoms with Gasteiger partial charge >= 0.3 is 0 Å². The Kier molecular flexibility index (Phi) is 10.1. The third-order valence-corrected chi connectivity index (χ3v) is 14.5. The molecule has 6 aromatic carbocycles. The van der Waals surface area contributed by atoms with E-state index in [0.29, 0.717) is 0 Å². The maximum absolute atomic E-state index is 2.70. The largest absolute Gasteiger partial charge is 0.213 e. The third kappa shape index (κ3) is 6.47. The van der Waals surface area contributed by atoms with Gasteiger partial charge in [0.05, 0.1) is 16.5 Å². The molecule has 2 nitrogen and oxygen atoms in total. The molecule has 0 bridgehead atoms. The standard InChI is InChI=1S/C59H56N2/c1-5-8-20-42-21-18-24-44(35-42)49-37-48(43-22-10-9-11-23-43)38-50(39-49)46-26-19-25-45(36-46)47-31-32-54-53(40-47)57-30-15-17-34-61(57)59(7-3,58(54,4)6-2)55-41-60-33-16-14-29-56(60)52-28-13-12-27-51(52)55/h9-19,21-40,55H,5-8,20,41H2,1-4H3/q+2. The van der Waals surface area contributed by atoms with Crippen LogP contribution in [0, 0.1) is 0 Å². The van der Waals surface area contributed by atoms with Crippen LogP contribution in [0.3, 0.4) is 0 Å². The number of nitrogens with zero attached hydrogens (tertiary/aromatic N) is 2. The fraction of sp³-hybridized carbons (Fsp3) is 0.220. The molecule has 3 atom stereocenters. The van der Waals surface area contributed by atoms with Gasteiger partial charge in [0.15, 0.2) is 24.5 Å². The lowest BCUT2D eigenvalue weighted by Crippen LogP contribution is -2.73. The van der Waals surface area contributed by atoms with E-state index in [4.69, 9.17) is 0 Å². The Hall–Kier alpha value is -6.38. The maximum atomic E-state index is 2.70. The van der Waals surface area contributed by atoms with Gasteiger partial charge in [-0.2, -0.15) is 9.13 Å². The molecule has 0 fully saturated rings. The molecule has 2 aliphatic rings. The molecule has 0 N–H and O–H groups in total. The van der Waals surface area contributed by atoms with Gasteiger partial charge in [-0.05, 0) is 136 Å². The summed E-state index contributed by atoms with van der Waals surface area (Å²) in [6.45, 7) is 10.6. The van der Waals surface area contributed by atoms with Gasteiger partial charge in [0.25, 0.3) is 0 Å². The molecule has 0 amide bonds. The maximum Gasteiger partial charge on any atom is 0.213 e. The number of benzene rings is 6. The molecule has 300 valence electrons. The summed E-state index contributed by atoms with van der Waals surface area (Å²) < 4.78 is 5.20. The van der Waals surface area contributed by atoms with E-state index in [0.717, 1.165) is 25.8 Å². The number of pyridine rings is 2. The van der Waals surface area contributed by atoms with Crippen molar-refractivity contribution in [2.75, 3.05) is 0 Å². The Bertz CT molecular complexity index is 2890. The number of unbranched alkanes of at least 4 members (excludes halogenated alkanes) is 1. The summed E-state index contributed by atoms with van der Waals surface area (Å²) in [6, 6.07) is 66.4. The summed E-state index contributed by atoms with van der Waals surface area (Å²) in [6.07, 6.45) is 10.2. The number of hydrogen-bond donors (Lipinski definition) is 0. The van der Waals surface area contributed by atoms with E-state index in [-0.39, 0.29) is 16.9 Å². The summed E-state index contributed by atoms with van der Waals surface area (Å²) in [4.78, 5) is 0. The van der Waals surface area contributed by atoms with E-state index < -0.39 is 0 Å². The number of hydrogen-bond acceptors (Lipinski definition) is 0. The summed E-state index contributed by atoms with van der Waals surface area (Å²) in [5.41, 5.74) is 19.2. The van der Waals surface area contributed by atoms with Gasteiger partial charge in [-0.15, -0.1) is 0 Å². The van der Waals surface area contributed by atoms with Crippen molar-refractivity contribution in [1.82, 2.24) is 0 Å². The molecule has 0 radical (unpaired) electrons. The second-order valence-electron chi connectivity index (χ2n) is 17.6. The fourth-order valence-corrected chi connectivity index (χ4v) is 11.3. The molecule has 0 saturated carbocycles. The first-order chi connectivity index (χ1) is 30.0. The summed E-state index contributed by atoms with van der Waals surface area (Å²) in [5, 5.41) is 0. The predicted octanol–water partition coefficient (Wildman–Crippen LogP) is 14.2. The fourth-order valence-electron chi connectivity index (χ4n) is 11.3. The van der Waals surface area contributed by atoms with Gasteiger partial charge in [0.1, 0.15) is 5.92 Å². The summed E-state index contributed by atoms with van der Waals surface area (Å²) >= 11 is 0. The molecule has 4 heterocycles. The first-order valence-corrected chi connectivity index (χ1v) is 22.6. The average Bonchev–Trinajstić information content (AvgIpc) is 3.33. The highest BCUT2D eigenvalue weighted by atomic mass is 15.1. The van der Waals surface area contributed by atoms with Crippen molar-refractivity contribution >= 4 is 0 Å². The monoisotopic (exact) mass is 792 g/mol. The molecule has 0 aliphatic carbocycles. The summed E-state index contributed by atoms with van der Waals surface area (Å²) in [7, 11) is 0. The molecule has 2 aliphatic heterocycles. The predicted molar refractivity (Wildman–Crippen MR) is 253 cm³/mol. The SMILES string of the molecule is CCCCc1cccc(-c2cc(-c3ccccc3)cc(-c3cccc(-c4ccc5c(c4)-c4cccc[n+]4C(CC)(C4C[n+]6ccccc6-c6ccccc64)C5(C)CC)c3)c2)c1. The second-order valence-corrected chi connectivity index (χ2v) is 17.6. The van der Waals surface area contributed by atoms with Gasteiger partial charge in [-0.25, -0.2) is 0 Å². The Balaban J connectivity index is 1.09. The third-order valence-electron chi connectivity index (χ3n) is 14.5. The van der Waals surface area contributed by atoms with Crippen LogP contribution in [0.2, 0.25) is 0 Å². The topological polar surface area (TPSA) is 7.76 Å². The molecule has 3 unspecified atom stereocenters. The lowest BCUT2D eigenvalue weighted by molar-refractivity contribution is -0.787. The van der Waals surface area contributed by atoms with Crippen LogP contribution in [0.1, 0.15) is 76.0 Å². The number of aryl methyl sites for hydroxylation is 1. The Morgan fingerprint density at radius 2 is 1.10 bits per heavy atom. The van der Waals surface area contributed by atoms with Crippen LogP contribution in [0.4, 0.5) is 0 Å². The Morgan fingerprint density at radius 1 is 0.492 bits per heavy atom. The zero-order chi connectivity index (χ0) is 41.6. The van der Waals surface area contributed by atoms with Crippen LogP contribution < -0.4 is 9.13 Å². The second kappa shape index (κ2) is 15.9. The summed E-state index contributed by atoms with van der Waals surface area (Å²) in [5.74, 6) is 0.268. The van der Waals surface area contributed by atoms with Gasteiger partial charge < -0.3 is 0 Å². The lowest BCUT2D eigenvalue weighted by atomic mass is 9.53. The van der Waals surface area contributed by atoms with E-state index in [1.165, 1.54) is 96.6 Å². The van der Waals surface area contributed by atoms with Crippen molar-refractivity contribution in [1.29, 1.82) is 0 Å². The van der Waals surface area contributed by atoms with E-state index in [1.54, 1.807) is 0 Å². The molecule has 2 aromatic heterocycles. The minimum atomic E-state index is -0.208. The normalized spacial score (nSPS) is 18.7. The average molecular weight is 793 g/mol. The van der Waals surface area contributed by atoms with Gasteiger partial charge in [-0.1, -0.05) is 130 Å². The molecule has 8 aromatic rings. The van der Waals surface area contributed by atoms with Crippen molar-refractivity contribution in [2.45, 2.75) is 83.2 Å². The molecular formula is C59H56N2+2. The van der Waals surface area contributed by atoms with E-state index in [1.807, 2.05) is 0 Å². The van der Waals surface area contributed by atoms with Crippen LogP contribution in [-0.2, 0) is 23.9 Å². The van der Waals surface area contributed by atoms with Crippen molar-refractivity contribution < 1.29 is 9.13 Å². The molecule has 0 saturated heterocycles. The molecule has 0 spiro atoms. The molecule has 2 heteroatoms. The van der Waals surface area contributed by atoms with Crippen molar-refractivity contribution in [3.05, 3.63) is 205 Å².